The summed E-state index contributed by atoms with van der Waals surface area (Å²) < 4.78 is 137. The van der Waals surface area contributed by atoms with Gasteiger partial charge in [-0.15, -0.1) is 4.33 Å². The highest BCUT2D eigenvalue weighted by atomic mass is 32.2. The Kier molecular flexibility index (Phi) is 11.8. The van der Waals surface area contributed by atoms with Crippen LogP contribution in [0.15, 0.2) is 54.6 Å². The highest BCUT2D eigenvalue weighted by Gasteiger charge is 2.72. The Hall–Kier alpha value is -3.88. The lowest BCUT2D eigenvalue weighted by atomic mass is 9.72. The van der Waals surface area contributed by atoms with E-state index in [9.17, 15) is 18.0 Å². The van der Waals surface area contributed by atoms with E-state index in [-0.39, 0.29) is 41.9 Å². The van der Waals surface area contributed by atoms with Crippen molar-refractivity contribution >= 4 is 39.7 Å². The maximum atomic E-state index is 15.1. The van der Waals surface area contributed by atoms with E-state index in [0.29, 0.717) is 46.8 Å². The van der Waals surface area contributed by atoms with Gasteiger partial charge in [-0.1, -0.05) is 34.9 Å². The number of fused-ring (bicyclic) bond motifs is 1. The molecule has 4 rings (SSSR count). The molecule has 2 amide bonds. The molecule has 0 atom stereocenters. The fourth-order valence-electron chi connectivity index (χ4n) is 5.37. The lowest BCUT2D eigenvalue weighted by Crippen LogP contribution is -2.54. The van der Waals surface area contributed by atoms with Crippen LogP contribution in [0.2, 0.25) is 0 Å². The lowest BCUT2D eigenvalue weighted by molar-refractivity contribution is -0.432. The zero-order valence-corrected chi connectivity index (χ0v) is 27.8. The molecule has 3 aromatic carbocycles. The second-order valence-electron chi connectivity index (χ2n) is 11.1. The van der Waals surface area contributed by atoms with Crippen molar-refractivity contribution in [2.75, 3.05) is 29.6 Å². The van der Waals surface area contributed by atoms with Crippen LogP contribution in [0.5, 0.6) is 11.5 Å². The number of amides is 2. The number of hydrogen-bond donors (Lipinski definition) is 2. The van der Waals surface area contributed by atoms with Crippen LogP contribution in [-0.2, 0) is 24.9 Å². The predicted octanol–water partition coefficient (Wildman–Crippen LogP) is 7.01. The van der Waals surface area contributed by atoms with Crippen molar-refractivity contribution in [3.63, 3.8) is 0 Å². The molecule has 0 saturated carbocycles. The molecule has 3 aromatic rings. The number of alkyl halides is 6. The molecule has 0 fully saturated rings. The van der Waals surface area contributed by atoms with E-state index >= 15 is 26.3 Å². The van der Waals surface area contributed by atoms with E-state index < -0.39 is 80.4 Å². The summed E-state index contributed by atoms with van der Waals surface area (Å²) in [6.07, 6.45) is -12.4. The van der Waals surface area contributed by atoms with Gasteiger partial charge in [-0.3, -0.25) is 14.1 Å². The van der Waals surface area contributed by atoms with Crippen molar-refractivity contribution in [2.24, 2.45) is 0 Å². The number of rotatable bonds is 15. The number of hydrogen-bond acceptors (Lipinski definition) is 10. The minimum absolute atomic E-state index is 0.0220. The molecule has 0 bridgehead atoms. The average molecular weight is 754 g/mol. The summed E-state index contributed by atoms with van der Waals surface area (Å²) in [5, 5.41) is 11.7. The van der Waals surface area contributed by atoms with Crippen LogP contribution in [0.3, 0.4) is 0 Å². The molecule has 0 unspecified atom stereocenters. The molecule has 1 aliphatic heterocycles. The summed E-state index contributed by atoms with van der Waals surface area (Å²) >= 11 is 0.611. The fourth-order valence-corrected chi connectivity index (χ4v) is 6.20. The Labute approximate surface area is 285 Å². The molecular formula is C31H29F6NO10S2. The van der Waals surface area contributed by atoms with Crippen LogP contribution in [0.4, 0.5) is 32.0 Å². The van der Waals surface area contributed by atoms with Gasteiger partial charge in [0.15, 0.2) is 0 Å². The van der Waals surface area contributed by atoms with Gasteiger partial charge >= 0.3 is 12.4 Å². The molecule has 0 saturated heterocycles. The van der Waals surface area contributed by atoms with Gasteiger partial charge in [0.25, 0.3) is 21.9 Å². The predicted molar refractivity (Wildman–Crippen MR) is 167 cm³/mol. The first-order chi connectivity index (χ1) is 23.3. The Bertz CT molecular complexity index is 1840. The number of benzene rings is 3. The molecule has 0 spiro atoms. The van der Waals surface area contributed by atoms with E-state index in [2.05, 4.69) is 9.37 Å². The number of nitrogens with zero attached hydrogens (tertiary/aromatic N) is 1. The van der Waals surface area contributed by atoms with Gasteiger partial charge in [-0.05, 0) is 73.7 Å². The van der Waals surface area contributed by atoms with E-state index in [0.717, 1.165) is 12.1 Å². The summed E-state index contributed by atoms with van der Waals surface area (Å²) in [4.78, 5) is 27.3. The minimum Gasteiger partial charge on any atom is -0.493 e. The molecule has 0 aliphatic carbocycles. The third-order valence-electron chi connectivity index (χ3n) is 7.66. The Morgan fingerprint density at radius 3 is 1.98 bits per heavy atom. The van der Waals surface area contributed by atoms with E-state index in [1.807, 2.05) is 0 Å². The first-order valence-electron chi connectivity index (χ1n) is 14.5. The van der Waals surface area contributed by atoms with E-state index in [1.54, 1.807) is 13.0 Å². The first kappa shape index (κ1) is 38.9. The number of imide groups is 1. The second-order valence-corrected chi connectivity index (χ2v) is 13.4. The summed E-state index contributed by atoms with van der Waals surface area (Å²) in [7, 11) is -4.40. The van der Waals surface area contributed by atoms with Crippen molar-refractivity contribution in [2.45, 2.75) is 44.5 Å². The highest BCUT2D eigenvalue weighted by molar-refractivity contribution is 7.94. The monoisotopic (exact) mass is 753 g/mol. The molecule has 272 valence electrons. The Balaban J connectivity index is 1.86. The largest absolute Gasteiger partial charge is 0.493 e. The maximum absolute atomic E-state index is 15.1. The van der Waals surface area contributed by atoms with Gasteiger partial charge in [0.05, 0.1) is 35.8 Å². The summed E-state index contributed by atoms with van der Waals surface area (Å²) in [5.41, 5.74) is -7.10. The fraction of sp³-hybridized carbons (Fsp3) is 0.355. The maximum Gasteiger partial charge on any atom is 0.411 e. The molecule has 11 nitrogen and oxygen atoms in total. The molecule has 0 aromatic heterocycles. The van der Waals surface area contributed by atoms with Gasteiger partial charge < -0.3 is 9.47 Å². The molecule has 1 heterocycles. The number of halogens is 6. The van der Waals surface area contributed by atoms with Gasteiger partial charge in [-0.2, -0.15) is 34.8 Å². The normalized spacial score (nSPS) is 13.9. The topological polar surface area (TPSA) is 149 Å². The third kappa shape index (κ3) is 8.02. The first-order valence-corrected chi connectivity index (χ1v) is 17.0. The molecule has 2 N–H and O–H groups in total. The van der Waals surface area contributed by atoms with Gasteiger partial charge in [0, 0.05) is 17.8 Å². The van der Waals surface area contributed by atoms with Crippen LogP contribution in [0, 0.1) is 13.8 Å². The van der Waals surface area contributed by atoms with Crippen molar-refractivity contribution < 1.29 is 73.0 Å². The molecular weight excluding hydrogens is 724 g/mol. The van der Waals surface area contributed by atoms with Crippen LogP contribution in [0.1, 0.15) is 55.8 Å². The lowest BCUT2D eigenvalue weighted by Gasteiger charge is -2.39. The summed E-state index contributed by atoms with van der Waals surface area (Å²) in [6, 6.07) is 8.24. The Morgan fingerprint density at radius 2 is 1.36 bits per heavy atom. The highest BCUT2D eigenvalue weighted by Crippen LogP contribution is 2.57. The van der Waals surface area contributed by atoms with Crippen LogP contribution in [-0.4, -0.2) is 67.1 Å². The van der Waals surface area contributed by atoms with Gasteiger partial charge in [0.1, 0.15) is 11.5 Å². The zero-order chi connectivity index (χ0) is 37.1. The number of aryl methyl sites for hydroxylation is 2. The van der Waals surface area contributed by atoms with Gasteiger partial charge in [-0.25, -0.2) is 10.2 Å². The SMILES string of the molecule is Cc1ccc2c(c1)C(=O)N(c1ccc(C(c3ccc(C)c(OCCCS(=O)(=O)O)c3)(C(F)(F)F)C(F)(F)F)cc1OCCCSOOO)C2=O. The van der Waals surface area contributed by atoms with Gasteiger partial charge in [0.2, 0.25) is 5.41 Å². The molecule has 19 heteroatoms. The number of carbonyl (C=O) groups is 2. The van der Waals surface area contributed by atoms with Crippen LogP contribution >= 0.6 is 12.0 Å². The number of ether oxygens (including phenoxy) is 2. The molecule has 0 radical (unpaired) electrons. The van der Waals surface area contributed by atoms with Crippen molar-refractivity contribution in [3.05, 3.63) is 88.0 Å². The van der Waals surface area contributed by atoms with Crippen LogP contribution in [0.25, 0.3) is 0 Å². The molecule has 50 heavy (non-hydrogen) atoms. The number of carbonyl (C=O) groups excluding carboxylic acids is 2. The standard InChI is InChI=1S/C31H29F6NO10S2/c1-18-5-9-22-23(15-18)28(40)38(27(22)39)24-10-8-21(17-26(24)46-11-3-13-49-48-47-41)29(30(32,33)34,31(35,36)37)20-7-6-19(2)25(16-20)45-12-4-14-50(42,43)44/h5-10,15-17,41H,3-4,11-14H2,1-2H3,(H,42,43,44). The zero-order valence-electron chi connectivity index (χ0n) is 26.1. The summed E-state index contributed by atoms with van der Waals surface area (Å²) in [6.45, 7) is 2.20. The average Bonchev–Trinajstić information content (AvgIpc) is 3.25. The summed E-state index contributed by atoms with van der Waals surface area (Å²) in [5.74, 6) is -3.49. The number of anilines is 1. The Morgan fingerprint density at radius 1 is 0.780 bits per heavy atom. The second kappa shape index (κ2) is 15.2. The van der Waals surface area contributed by atoms with E-state index in [1.165, 1.54) is 19.1 Å². The van der Waals surface area contributed by atoms with Crippen molar-refractivity contribution in [1.29, 1.82) is 0 Å². The van der Waals surface area contributed by atoms with Crippen molar-refractivity contribution in [1.82, 2.24) is 0 Å². The quantitative estimate of drug-likeness (QED) is 0.0314. The third-order valence-corrected chi connectivity index (χ3v) is 9.08. The van der Waals surface area contributed by atoms with E-state index in [4.69, 9.17) is 19.3 Å². The minimum atomic E-state index is -6.05. The van der Waals surface area contributed by atoms with Crippen LogP contribution < -0.4 is 14.4 Å². The van der Waals surface area contributed by atoms with Crippen molar-refractivity contribution in [3.8, 4) is 11.5 Å². The smallest absolute Gasteiger partial charge is 0.411 e. The molecule has 1 aliphatic rings.